The Morgan fingerprint density at radius 2 is 1.90 bits per heavy atom. The minimum absolute atomic E-state index is 0.0624. The molecule has 2 rings (SSSR count). The Hall–Kier alpha value is -1.75. The molecule has 0 aliphatic heterocycles. The highest BCUT2D eigenvalue weighted by molar-refractivity contribution is 5.39. The predicted octanol–water partition coefficient (Wildman–Crippen LogP) is 3.21. The van der Waals surface area contributed by atoms with Crippen molar-refractivity contribution in [2.75, 3.05) is 0 Å². The number of aromatic nitrogens is 2. The van der Waals surface area contributed by atoms with Gasteiger partial charge in [-0.25, -0.2) is 13.8 Å². The number of halogens is 2. The van der Waals surface area contributed by atoms with E-state index in [1.165, 1.54) is 16.7 Å². The Labute approximate surface area is 117 Å². The Kier molecular flexibility index (Phi) is 4.49. The summed E-state index contributed by atoms with van der Waals surface area (Å²) >= 11 is 0. The molecule has 0 aliphatic carbocycles. The van der Waals surface area contributed by atoms with Crippen molar-refractivity contribution in [2.45, 2.75) is 39.8 Å². The summed E-state index contributed by atoms with van der Waals surface area (Å²) in [4.78, 5) is 4.09. The molecule has 0 radical (unpaired) electrons. The number of nitrogens with zero attached hydrogens (tertiary/aromatic N) is 2. The molecule has 0 saturated heterocycles. The van der Waals surface area contributed by atoms with Gasteiger partial charge in [0, 0.05) is 31.4 Å². The number of hydrogen-bond acceptors (Lipinski definition) is 2. The van der Waals surface area contributed by atoms with Gasteiger partial charge >= 0.3 is 0 Å². The normalized spacial score (nSPS) is 11.3. The van der Waals surface area contributed by atoms with Crippen LogP contribution in [0.5, 0.6) is 0 Å². The maximum Gasteiger partial charge on any atom is 0.150 e. The molecule has 0 bridgehead atoms. The molecule has 0 saturated carbocycles. The summed E-state index contributed by atoms with van der Waals surface area (Å²) in [7, 11) is 0. The van der Waals surface area contributed by atoms with Crippen LogP contribution in [0.4, 0.5) is 8.78 Å². The summed E-state index contributed by atoms with van der Waals surface area (Å²) in [6, 6.07) is 3.00. The van der Waals surface area contributed by atoms with Crippen LogP contribution in [0.2, 0.25) is 0 Å². The maximum atomic E-state index is 14.2. The van der Waals surface area contributed by atoms with Gasteiger partial charge in [0.15, 0.2) is 11.6 Å². The van der Waals surface area contributed by atoms with Gasteiger partial charge in [-0.3, -0.25) is 4.57 Å². The molecule has 5 heteroatoms. The lowest BCUT2D eigenvalue weighted by molar-refractivity contribution is 0.550. The summed E-state index contributed by atoms with van der Waals surface area (Å²) in [5.74, 6) is -0.507. The van der Waals surface area contributed by atoms with Gasteiger partial charge in [-0.05, 0) is 17.7 Å². The minimum Gasteiger partial charge on any atom is -0.310 e. The SMILES string of the molecule is CCc1nccn1-c1c(F)cc(CNC(C)C)cc1F. The number of nitrogens with one attached hydrogen (secondary N) is 1. The van der Waals surface area contributed by atoms with Crippen molar-refractivity contribution in [1.29, 1.82) is 0 Å². The predicted molar refractivity (Wildman–Crippen MR) is 74.8 cm³/mol. The van der Waals surface area contributed by atoms with E-state index in [4.69, 9.17) is 0 Å². The third kappa shape index (κ3) is 3.04. The van der Waals surface area contributed by atoms with E-state index in [9.17, 15) is 8.78 Å². The lowest BCUT2D eigenvalue weighted by Crippen LogP contribution is -2.22. The van der Waals surface area contributed by atoms with E-state index >= 15 is 0 Å². The summed E-state index contributed by atoms with van der Waals surface area (Å²) in [6.07, 6.45) is 3.74. The highest BCUT2D eigenvalue weighted by Crippen LogP contribution is 2.21. The van der Waals surface area contributed by atoms with E-state index < -0.39 is 11.6 Å². The maximum absolute atomic E-state index is 14.2. The summed E-state index contributed by atoms with van der Waals surface area (Å²) in [5.41, 5.74) is 0.531. The smallest absolute Gasteiger partial charge is 0.150 e. The molecule has 1 aromatic heterocycles. The van der Waals surface area contributed by atoms with Crippen LogP contribution >= 0.6 is 0 Å². The lowest BCUT2D eigenvalue weighted by atomic mass is 10.1. The van der Waals surface area contributed by atoms with Crippen molar-refractivity contribution < 1.29 is 8.78 Å². The fourth-order valence-corrected chi connectivity index (χ4v) is 2.07. The van der Waals surface area contributed by atoms with Crippen molar-refractivity contribution in [3.8, 4) is 5.69 Å². The second-order valence-electron chi connectivity index (χ2n) is 5.01. The van der Waals surface area contributed by atoms with E-state index in [0.29, 0.717) is 24.4 Å². The van der Waals surface area contributed by atoms with Gasteiger partial charge in [-0.15, -0.1) is 0 Å². The minimum atomic E-state index is -0.571. The van der Waals surface area contributed by atoms with Crippen molar-refractivity contribution in [1.82, 2.24) is 14.9 Å². The first kappa shape index (κ1) is 14.7. The zero-order valence-corrected chi connectivity index (χ0v) is 12.0. The van der Waals surface area contributed by atoms with Gasteiger partial charge < -0.3 is 5.32 Å². The molecule has 108 valence electrons. The molecule has 2 aromatic rings. The Morgan fingerprint density at radius 3 is 2.45 bits per heavy atom. The van der Waals surface area contributed by atoms with Crippen LogP contribution < -0.4 is 5.32 Å². The van der Waals surface area contributed by atoms with Crippen LogP contribution in [-0.2, 0) is 13.0 Å². The number of aryl methyl sites for hydroxylation is 1. The van der Waals surface area contributed by atoms with Crippen molar-refractivity contribution in [2.24, 2.45) is 0 Å². The fraction of sp³-hybridized carbons (Fsp3) is 0.400. The zero-order chi connectivity index (χ0) is 14.7. The van der Waals surface area contributed by atoms with E-state index in [2.05, 4.69) is 10.3 Å². The van der Waals surface area contributed by atoms with Crippen LogP contribution in [-0.4, -0.2) is 15.6 Å². The first-order valence-corrected chi connectivity index (χ1v) is 6.76. The van der Waals surface area contributed by atoms with Gasteiger partial charge in [-0.1, -0.05) is 20.8 Å². The summed E-state index contributed by atoms with van der Waals surface area (Å²) < 4.78 is 29.9. The van der Waals surface area contributed by atoms with Crippen LogP contribution in [0.25, 0.3) is 5.69 Å². The Balaban J connectivity index is 2.36. The van der Waals surface area contributed by atoms with E-state index in [1.807, 2.05) is 20.8 Å². The molecule has 0 spiro atoms. The number of benzene rings is 1. The third-order valence-corrected chi connectivity index (χ3v) is 3.07. The molecule has 0 atom stereocenters. The summed E-state index contributed by atoms with van der Waals surface area (Å²) in [5, 5.41) is 3.14. The number of rotatable bonds is 5. The molecular weight excluding hydrogens is 260 g/mol. The third-order valence-electron chi connectivity index (χ3n) is 3.07. The number of hydrogen-bond donors (Lipinski definition) is 1. The van der Waals surface area contributed by atoms with E-state index in [1.54, 1.807) is 12.4 Å². The summed E-state index contributed by atoms with van der Waals surface area (Å²) in [6.45, 7) is 6.31. The van der Waals surface area contributed by atoms with Gasteiger partial charge in [0.05, 0.1) is 0 Å². The van der Waals surface area contributed by atoms with Crippen LogP contribution in [0.3, 0.4) is 0 Å². The van der Waals surface area contributed by atoms with E-state index in [0.717, 1.165) is 0 Å². The molecule has 0 fully saturated rings. The second kappa shape index (κ2) is 6.13. The highest BCUT2D eigenvalue weighted by Gasteiger charge is 2.15. The first-order chi connectivity index (χ1) is 9.52. The molecule has 0 unspecified atom stereocenters. The van der Waals surface area contributed by atoms with Gasteiger partial charge in [0.1, 0.15) is 11.5 Å². The monoisotopic (exact) mass is 279 g/mol. The molecule has 3 nitrogen and oxygen atoms in total. The molecular formula is C15H19F2N3. The van der Waals surface area contributed by atoms with Crippen molar-refractivity contribution in [3.05, 3.63) is 47.5 Å². The van der Waals surface area contributed by atoms with Crippen LogP contribution in [0, 0.1) is 11.6 Å². The molecule has 1 heterocycles. The first-order valence-electron chi connectivity index (χ1n) is 6.76. The molecule has 0 amide bonds. The average molecular weight is 279 g/mol. The Bertz CT molecular complexity index is 568. The molecule has 1 N–H and O–H groups in total. The molecule has 0 aliphatic rings. The topological polar surface area (TPSA) is 29.9 Å². The van der Waals surface area contributed by atoms with Gasteiger partial charge in [-0.2, -0.15) is 0 Å². The van der Waals surface area contributed by atoms with E-state index in [-0.39, 0.29) is 11.7 Å². The average Bonchev–Trinajstić information content (AvgIpc) is 2.83. The molecule has 1 aromatic carbocycles. The highest BCUT2D eigenvalue weighted by atomic mass is 19.1. The quantitative estimate of drug-likeness (QED) is 0.910. The fourth-order valence-electron chi connectivity index (χ4n) is 2.07. The van der Waals surface area contributed by atoms with Crippen LogP contribution in [0.1, 0.15) is 32.2 Å². The zero-order valence-electron chi connectivity index (χ0n) is 12.0. The van der Waals surface area contributed by atoms with Crippen LogP contribution in [0.15, 0.2) is 24.5 Å². The standard InChI is InChI=1S/C15H19F2N3/c1-4-14-18-5-6-20(14)15-12(16)7-11(8-13(15)17)9-19-10(2)3/h5-8,10,19H,4,9H2,1-3H3. The van der Waals surface area contributed by atoms with Gasteiger partial charge in [0.2, 0.25) is 0 Å². The number of imidazole rings is 1. The van der Waals surface area contributed by atoms with Crippen molar-refractivity contribution in [3.63, 3.8) is 0 Å². The Morgan fingerprint density at radius 1 is 1.25 bits per heavy atom. The van der Waals surface area contributed by atoms with Gasteiger partial charge in [0.25, 0.3) is 0 Å². The largest absolute Gasteiger partial charge is 0.310 e. The second-order valence-corrected chi connectivity index (χ2v) is 5.01. The molecule has 20 heavy (non-hydrogen) atoms. The lowest BCUT2D eigenvalue weighted by Gasteiger charge is -2.12. The van der Waals surface area contributed by atoms with Crippen molar-refractivity contribution >= 4 is 0 Å².